The van der Waals surface area contributed by atoms with Crippen LogP contribution in [-0.2, 0) is 22.6 Å². The predicted octanol–water partition coefficient (Wildman–Crippen LogP) is 4.27. The molecule has 1 unspecified atom stereocenters. The number of aliphatic imine (C=N–C) groups is 1. The van der Waals surface area contributed by atoms with E-state index < -0.39 is 17.2 Å². The predicted molar refractivity (Wildman–Crippen MR) is 109 cm³/mol. The molecule has 0 aliphatic carbocycles. The molecule has 152 valence electrons. The molecule has 1 N–H and O–H groups in total. The fraction of sp³-hybridized carbons (Fsp3) is 0.364. The van der Waals surface area contributed by atoms with Crippen molar-refractivity contribution < 1.29 is 19.4 Å². The van der Waals surface area contributed by atoms with Gasteiger partial charge >= 0.3 is 5.97 Å². The lowest BCUT2D eigenvalue weighted by atomic mass is 9.91. The second kappa shape index (κ2) is 8.53. The Labute approximate surface area is 170 Å². The molecule has 1 aliphatic heterocycles. The highest BCUT2D eigenvalue weighted by molar-refractivity contribution is 6.09. The van der Waals surface area contributed by atoms with Crippen LogP contribution in [0.25, 0.3) is 0 Å². The zero-order chi connectivity index (χ0) is 20.9. The monoisotopic (exact) mass is 395 g/mol. The van der Waals surface area contributed by atoms with Crippen molar-refractivity contribution in [1.29, 1.82) is 0 Å². The first-order valence-corrected chi connectivity index (χ1v) is 9.40. The molecule has 0 bridgehead atoms. The Morgan fingerprint density at radius 2 is 1.72 bits per heavy atom. The third-order valence-electron chi connectivity index (χ3n) is 4.26. The zero-order valence-electron chi connectivity index (χ0n) is 16.8. The van der Waals surface area contributed by atoms with Crippen LogP contribution in [0.3, 0.4) is 0 Å². The largest absolute Gasteiger partial charge is 0.489 e. The summed E-state index contributed by atoms with van der Waals surface area (Å²) in [6.07, 6.45) is 0.0798. The maximum atomic E-state index is 12.3. The van der Waals surface area contributed by atoms with Crippen LogP contribution in [0.1, 0.15) is 31.9 Å². The molecule has 0 radical (unpaired) electrons. The summed E-state index contributed by atoms with van der Waals surface area (Å²) in [4.78, 5) is 16.4. The van der Waals surface area contributed by atoms with E-state index in [-0.39, 0.29) is 18.9 Å². The normalized spacial score (nSPS) is 15.6. The van der Waals surface area contributed by atoms with Gasteiger partial charge in [0.2, 0.25) is 5.60 Å². The number of hydrogen-bond acceptors (Lipinski definition) is 6. The lowest BCUT2D eigenvalue weighted by molar-refractivity contribution is -0.170. The molecule has 0 saturated carbocycles. The van der Waals surface area contributed by atoms with E-state index in [1.807, 2.05) is 54.6 Å². The highest BCUT2D eigenvalue weighted by atomic mass is 16.5. The summed E-state index contributed by atoms with van der Waals surface area (Å²) in [5, 5.41) is 17.8. The standard InChI is InChI=1S/C22H25N3O4/c1-21(2,3)29-22(20(26)27,19-23-15-24-25-19)13-16-9-11-18(12-10-16)28-14-17-7-5-4-6-8-17/h4-12H,13-15H2,1-3H3,(H,26,27). The Balaban J connectivity index is 1.78. The number of amidine groups is 1. The Kier molecular flexibility index (Phi) is 6.08. The van der Waals surface area contributed by atoms with Crippen molar-refractivity contribution in [3.05, 3.63) is 65.7 Å². The summed E-state index contributed by atoms with van der Waals surface area (Å²) < 4.78 is 11.8. The van der Waals surface area contributed by atoms with E-state index in [1.54, 1.807) is 20.8 Å². The van der Waals surface area contributed by atoms with Crippen molar-refractivity contribution in [1.82, 2.24) is 0 Å². The SMILES string of the molecule is CC(C)(C)OC(Cc1ccc(OCc2ccccc2)cc1)(C(=O)O)C1=NCN=N1. The molecule has 0 fully saturated rings. The van der Waals surface area contributed by atoms with Gasteiger partial charge < -0.3 is 14.6 Å². The smallest absolute Gasteiger partial charge is 0.344 e. The number of carboxylic acid groups (broad SMARTS) is 1. The summed E-state index contributed by atoms with van der Waals surface area (Å²) in [7, 11) is 0. The number of carboxylic acids is 1. The molecule has 2 aromatic rings. The van der Waals surface area contributed by atoms with E-state index in [9.17, 15) is 9.90 Å². The lowest BCUT2D eigenvalue weighted by Gasteiger charge is -2.34. The van der Waals surface area contributed by atoms with E-state index in [0.717, 1.165) is 11.1 Å². The average molecular weight is 395 g/mol. The van der Waals surface area contributed by atoms with Gasteiger partial charge in [-0.1, -0.05) is 42.5 Å². The third kappa shape index (κ3) is 5.26. The molecule has 0 amide bonds. The van der Waals surface area contributed by atoms with Crippen LogP contribution in [0.5, 0.6) is 5.75 Å². The van der Waals surface area contributed by atoms with Crippen LogP contribution in [0, 0.1) is 0 Å². The first-order chi connectivity index (χ1) is 13.8. The maximum absolute atomic E-state index is 12.3. The first kappa shape index (κ1) is 20.7. The Bertz CT molecular complexity index is 902. The average Bonchev–Trinajstić information content (AvgIpc) is 3.22. The molecule has 1 atom stereocenters. The van der Waals surface area contributed by atoms with Gasteiger partial charge in [-0.3, -0.25) is 0 Å². The van der Waals surface area contributed by atoms with Gasteiger partial charge in [0.15, 0.2) is 12.5 Å². The molecule has 0 saturated heterocycles. The molecule has 3 rings (SSSR count). The summed E-state index contributed by atoms with van der Waals surface area (Å²) in [6, 6.07) is 17.2. The van der Waals surface area contributed by atoms with E-state index in [4.69, 9.17) is 9.47 Å². The Morgan fingerprint density at radius 1 is 1.03 bits per heavy atom. The molecular formula is C22H25N3O4. The minimum absolute atomic E-state index is 0.0798. The van der Waals surface area contributed by atoms with Crippen molar-refractivity contribution >= 4 is 11.8 Å². The summed E-state index contributed by atoms with van der Waals surface area (Å²) in [5.41, 5.74) is -0.569. The first-order valence-electron chi connectivity index (χ1n) is 9.40. The number of ether oxygens (including phenoxy) is 2. The zero-order valence-corrected chi connectivity index (χ0v) is 16.8. The van der Waals surface area contributed by atoms with E-state index in [2.05, 4.69) is 15.2 Å². The van der Waals surface area contributed by atoms with Crippen LogP contribution in [-0.4, -0.2) is 34.8 Å². The second-order valence-electron chi connectivity index (χ2n) is 7.81. The van der Waals surface area contributed by atoms with Crippen LogP contribution in [0.4, 0.5) is 0 Å². The van der Waals surface area contributed by atoms with Crippen molar-refractivity contribution in [3.8, 4) is 5.75 Å². The number of benzene rings is 2. The van der Waals surface area contributed by atoms with E-state index in [0.29, 0.717) is 12.4 Å². The number of carbonyl (C=O) groups is 1. The summed E-state index contributed by atoms with van der Waals surface area (Å²) in [6.45, 7) is 5.99. The fourth-order valence-corrected chi connectivity index (χ4v) is 3.07. The molecule has 7 nitrogen and oxygen atoms in total. The molecular weight excluding hydrogens is 370 g/mol. The van der Waals surface area contributed by atoms with E-state index in [1.165, 1.54) is 0 Å². The molecule has 7 heteroatoms. The fourth-order valence-electron chi connectivity index (χ4n) is 3.07. The highest BCUT2D eigenvalue weighted by Crippen LogP contribution is 2.30. The molecule has 0 spiro atoms. The Morgan fingerprint density at radius 3 is 2.28 bits per heavy atom. The van der Waals surface area contributed by atoms with Gasteiger partial charge in [0.1, 0.15) is 12.4 Å². The highest BCUT2D eigenvalue weighted by Gasteiger charge is 2.49. The minimum Gasteiger partial charge on any atom is -0.489 e. The van der Waals surface area contributed by atoms with Crippen LogP contribution in [0.15, 0.2) is 69.8 Å². The van der Waals surface area contributed by atoms with Gasteiger partial charge in [-0.15, -0.1) is 5.11 Å². The number of hydrogen-bond donors (Lipinski definition) is 1. The van der Waals surface area contributed by atoms with Crippen molar-refractivity contribution in [2.75, 3.05) is 6.67 Å². The molecule has 1 heterocycles. The quantitative estimate of drug-likeness (QED) is 0.722. The number of azo groups is 1. The molecule has 2 aromatic carbocycles. The second-order valence-corrected chi connectivity index (χ2v) is 7.81. The van der Waals surface area contributed by atoms with Gasteiger partial charge in [0.25, 0.3) is 0 Å². The van der Waals surface area contributed by atoms with Crippen LogP contribution < -0.4 is 4.74 Å². The van der Waals surface area contributed by atoms with Gasteiger partial charge in [-0.05, 0) is 44.0 Å². The van der Waals surface area contributed by atoms with Crippen molar-refractivity contribution in [2.24, 2.45) is 15.2 Å². The Hall–Kier alpha value is -3.06. The third-order valence-corrected chi connectivity index (χ3v) is 4.26. The molecule has 0 aromatic heterocycles. The van der Waals surface area contributed by atoms with Crippen molar-refractivity contribution in [3.63, 3.8) is 0 Å². The topological polar surface area (TPSA) is 92.8 Å². The van der Waals surface area contributed by atoms with Gasteiger partial charge in [0.05, 0.1) is 5.60 Å². The van der Waals surface area contributed by atoms with Crippen molar-refractivity contribution in [2.45, 2.75) is 45.0 Å². The lowest BCUT2D eigenvalue weighted by Crippen LogP contribution is -2.53. The minimum atomic E-state index is -1.70. The molecule has 29 heavy (non-hydrogen) atoms. The maximum Gasteiger partial charge on any atom is 0.344 e. The van der Waals surface area contributed by atoms with Gasteiger partial charge in [-0.25, -0.2) is 9.79 Å². The molecule has 1 aliphatic rings. The summed E-state index contributed by atoms with van der Waals surface area (Å²) in [5.74, 6) is -0.353. The van der Waals surface area contributed by atoms with Gasteiger partial charge in [-0.2, -0.15) is 5.11 Å². The van der Waals surface area contributed by atoms with Crippen LogP contribution in [0.2, 0.25) is 0 Å². The van der Waals surface area contributed by atoms with Gasteiger partial charge in [0, 0.05) is 6.42 Å². The number of aliphatic carboxylic acids is 1. The van der Waals surface area contributed by atoms with E-state index >= 15 is 0 Å². The number of rotatable bonds is 8. The number of nitrogens with zero attached hydrogens (tertiary/aromatic N) is 3. The summed E-state index contributed by atoms with van der Waals surface area (Å²) >= 11 is 0. The van der Waals surface area contributed by atoms with Crippen LogP contribution >= 0.6 is 0 Å².